The van der Waals surface area contributed by atoms with Gasteiger partial charge in [0.15, 0.2) is 11.5 Å². The maximum Gasteiger partial charge on any atom is 0.228 e. The summed E-state index contributed by atoms with van der Waals surface area (Å²) in [6, 6.07) is 3.23. The van der Waals surface area contributed by atoms with Gasteiger partial charge in [0, 0.05) is 25.4 Å². The van der Waals surface area contributed by atoms with Crippen molar-refractivity contribution in [2.24, 2.45) is 0 Å². The molecule has 0 bridgehead atoms. The minimum atomic E-state index is -0.224. The number of aromatic nitrogens is 3. The first-order chi connectivity index (χ1) is 7.16. The monoisotopic (exact) mass is 206 g/mol. The first kappa shape index (κ1) is 9.83. The Labute approximate surface area is 87.8 Å². The zero-order valence-corrected chi connectivity index (χ0v) is 8.81. The number of hydrogen-bond donors (Lipinski definition) is 0. The Hall–Kier alpha value is -1.71. The zero-order chi connectivity index (χ0) is 10.8. The van der Waals surface area contributed by atoms with Crippen LogP contribution < -0.4 is 4.57 Å². The molecule has 2 aromatic rings. The van der Waals surface area contributed by atoms with Crippen LogP contribution in [0, 0.1) is 19.7 Å². The third-order valence-electron chi connectivity index (χ3n) is 2.44. The summed E-state index contributed by atoms with van der Waals surface area (Å²) in [7, 11) is 0. The number of nitrogens with zero attached hydrogens (tertiary/aromatic N) is 3. The van der Waals surface area contributed by atoms with Crippen LogP contribution in [0.1, 0.15) is 11.5 Å². The Morgan fingerprint density at radius 1 is 1.40 bits per heavy atom. The number of hydrogen-bond acceptors (Lipinski definition) is 1. The standard InChI is InChI=1S/C11H13FN3/c1-9-3-4-11(12)7-15(9)8-14-6-5-13-10(14)2/h3-7H,8H2,1-2H3/q+1. The molecule has 0 spiro atoms. The van der Waals surface area contributed by atoms with E-state index < -0.39 is 0 Å². The Bertz CT molecular complexity index is 476. The van der Waals surface area contributed by atoms with Crippen LogP contribution in [-0.2, 0) is 6.67 Å². The molecular formula is C11H13FN3+. The topological polar surface area (TPSA) is 21.7 Å². The second kappa shape index (κ2) is 3.81. The van der Waals surface area contributed by atoms with Gasteiger partial charge in [-0.15, -0.1) is 0 Å². The van der Waals surface area contributed by atoms with E-state index in [2.05, 4.69) is 4.98 Å². The average Bonchev–Trinajstić information content (AvgIpc) is 2.58. The highest BCUT2D eigenvalue weighted by molar-refractivity contribution is 4.97. The van der Waals surface area contributed by atoms with Gasteiger partial charge in [-0.25, -0.2) is 9.37 Å². The van der Waals surface area contributed by atoms with E-state index in [9.17, 15) is 4.39 Å². The molecule has 0 fully saturated rings. The summed E-state index contributed by atoms with van der Waals surface area (Å²) in [4.78, 5) is 4.12. The SMILES string of the molecule is Cc1nccn1C[n+]1cc(F)ccc1C. The lowest BCUT2D eigenvalue weighted by Gasteiger charge is -2.03. The first-order valence-electron chi connectivity index (χ1n) is 4.80. The normalized spacial score (nSPS) is 10.6. The Morgan fingerprint density at radius 2 is 2.20 bits per heavy atom. The van der Waals surface area contributed by atoms with Gasteiger partial charge >= 0.3 is 0 Å². The van der Waals surface area contributed by atoms with E-state index in [1.807, 2.05) is 29.2 Å². The fourth-order valence-corrected chi connectivity index (χ4v) is 1.46. The fraction of sp³-hybridized carbons (Fsp3) is 0.273. The molecule has 2 heterocycles. The third-order valence-corrected chi connectivity index (χ3v) is 2.44. The van der Waals surface area contributed by atoms with Crippen LogP contribution in [0.2, 0.25) is 0 Å². The molecule has 78 valence electrons. The highest BCUT2D eigenvalue weighted by Gasteiger charge is 2.09. The molecule has 0 saturated carbocycles. The van der Waals surface area contributed by atoms with Crippen LogP contribution in [0.25, 0.3) is 0 Å². The molecule has 15 heavy (non-hydrogen) atoms. The van der Waals surface area contributed by atoms with E-state index in [4.69, 9.17) is 0 Å². The van der Waals surface area contributed by atoms with Gasteiger partial charge < -0.3 is 0 Å². The van der Waals surface area contributed by atoms with Crippen molar-refractivity contribution in [1.29, 1.82) is 0 Å². The van der Waals surface area contributed by atoms with Gasteiger partial charge in [-0.1, -0.05) is 0 Å². The van der Waals surface area contributed by atoms with Gasteiger partial charge in [-0.2, -0.15) is 4.57 Å². The van der Waals surface area contributed by atoms with E-state index in [-0.39, 0.29) is 5.82 Å². The first-order valence-corrected chi connectivity index (χ1v) is 4.80. The number of aryl methyl sites for hydroxylation is 2. The second-order valence-corrected chi connectivity index (χ2v) is 3.54. The highest BCUT2D eigenvalue weighted by atomic mass is 19.1. The average molecular weight is 206 g/mol. The molecule has 4 heteroatoms. The summed E-state index contributed by atoms with van der Waals surface area (Å²) < 4.78 is 16.8. The molecule has 2 aromatic heterocycles. The van der Waals surface area contributed by atoms with Gasteiger partial charge in [0.05, 0.1) is 0 Å². The van der Waals surface area contributed by atoms with Gasteiger partial charge in [-0.3, -0.25) is 4.57 Å². The molecule has 0 saturated heterocycles. The summed E-state index contributed by atoms with van der Waals surface area (Å²) in [6.07, 6.45) is 5.12. The van der Waals surface area contributed by atoms with Crippen molar-refractivity contribution in [3.8, 4) is 0 Å². The quantitative estimate of drug-likeness (QED) is 0.681. The summed E-state index contributed by atoms with van der Waals surface area (Å²) >= 11 is 0. The molecule has 0 aliphatic heterocycles. The second-order valence-electron chi connectivity index (χ2n) is 3.54. The molecule has 0 aliphatic rings. The van der Waals surface area contributed by atoms with E-state index in [0.29, 0.717) is 6.67 Å². The van der Waals surface area contributed by atoms with Gasteiger partial charge in [0.1, 0.15) is 5.82 Å². The van der Waals surface area contributed by atoms with Crippen molar-refractivity contribution >= 4 is 0 Å². The maximum atomic E-state index is 13.0. The highest BCUT2D eigenvalue weighted by Crippen LogP contribution is 1.97. The lowest BCUT2D eigenvalue weighted by atomic mass is 10.3. The maximum absolute atomic E-state index is 13.0. The largest absolute Gasteiger partial charge is 0.278 e. The Morgan fingerprint density at radius 3 is 2.87 bits per heavy atom. The van der Waals surface area contributed by atoms with Crippen LogP contribution in [-0.4, -0.2) is 9.55 Å². The predicted molar refractivity (Wildman–Crippen MR) is 53.7 cm³/mol. The van der Waals surface area contributed by atoms with Crippen molar-refractivity contribution < 1.29 is 8.96 Å². The van der Waals surface area contributed by atoms with E-state index in [0.717, 1.165) is 11.5 Å². The zero-order valence-electron chi connectivity index (χ0n) is 8.81. The summed E-state index contributed by atoms with van der Waals surface area (Å²) in [5.41, 5.74) is 1.02. The predicted octanol–water partition coefficient (Wildman–Crippen LogP) is 1.43. The van der Waals surface area contributed by atoms with Crippen molar-refractivity contribution in [2.45, 2.75) is 20.5 Å². The van der Waals surface area contributed by atoms with Crippen molar-refractivity contribution in [3.05, 3.63) is 48.1 Å². The minimum Gasteiger partial charge on any atom is -0.278 e. The Kier molecular flexibility index (Phi) is 2.49. The van der Waals surface area contributed by atoms with Crippen molar-refractivity contribution in [2.75, 3.05) is 0 Å². The summed E-state index contributed by atoms with van der Waals surface area (Å²) in [5, 5.41) is 0. The van der Waals surface area contributed by atoms with Gasteiger partial charge in [0.2, 0.25) is 12.9 Å². The van der Waals surface area contributed by atoms with Crippen LogP contribution in [0.3, 0.4) is 0 Å². The van der Waals surface area contributed by atoms with Crippen LogP contribution >= 0.6 is 0 Å². The number of pyridine rings is 1. The molecule has 0 amide bonds. The number of imidazole rings is 1. The van der Waals surface area contributed by atoms with E-state index in [1.54, 1.807) is 12.3 Å². The van der Waals surface area contributed by atoms with Crippen molar-refractivity contribution in [1.82, 2.24) is 9.55 Å². The number of halogens is 1. The summed E-state index contributed by atoms with van der Waals surface area (Å²) in [5.74, 6) is 0.699. The molecule has 0 aromatic carbocycles. The third kappa shape index (κ3) is 2.03. The Balaban J connectivity index is 2.32. The summed E-state index contributed by atoms with van der Waals surface area (Å²) in [6.45, 7) is 4.47. The van der Waals surface area contributed by atoms with E-state index in [1.165, 1.54) is 12.3 Å². The molecular weight excluding hydrogens is 193 g/mol. The van der Waals surface area contributed by atoms with Crippen LogP contribution in [0.4, 0.5) is 4.39 Å². The van der Waals surface area contributed by atoms with Gasteiger partial charge in [-0.05, 0) is 13.0 Å². The van der Waals surface area contributed by atoms with Gasteiger partial charge in [0.25, 0.3) is 0 Å². The molecule has 3 nitrogen and oxygen atoms in total. The minimum absolute atomic E-state index is 0.224. The smallest absolute Gasteiger partial charge is 0.228 e. The fourth-order valence-electron chi connectivity index (χ4n) is 1.46. The molecule has 0 unspecified atom stereocenters. The molecule has 0 atom stereocenters. The lowest BCUT2D eigenvalue weighted by molar-refractivity contribution is -0.708. The van der Waals surface area contributed by atoms with Crippen LogP contribution in [0.15, 0.2) is 30.7 Å². The molecule has 0 radical (unpaired) electrons. The van der Waals surface area contributed by atoms with E-state index >= 15 is 0 Å². The number of rotatable bonds is 2. The molecule has 0 aliphatic carbocycles. The van der Waals surface area contributed by atoms with Crippen LogP contribution in [0.5, 0.6) is 0 Å². The lowest BCUT2D eigenvalue weighted by Crippen LogP contribution is -2.40. The molecule has 2 rings (SSSR count). The van der Waals surface area contributed by atoms with Crippen molar-refractivity contribution in [3.63, 3.8) is 0 Å². The molecule has 0 N–H and O–H groups in total.